The molecule has 0 spiro atoms. The summed E-state index contributed by atoms with van der Waals surface area (Å²) < 4.78 is 52.8. The van der Waals surface area contributed by atoms with Crippen LogP contribution in [0.4, 0.5) is 24.0 Å². The molecule has 4 atom stereocenters. The zero-order chi connectivity index (χ0) is 34.5. The maximum atomic E-state index is 17.0. The number of hydrogen-bond donors (Lipinski definition) is 2. The van der Waals surface area contributed by atoms with E-state index >= 15 is 4.39 Å². The van der Waals surface area contributed by atoms with Gasteiger partial charge in [0.15, 0.2) is 5.82 Å². The van der Waals surface area contributed by atoms with E-state index in [1.165, 1.54) is 25.0 Å². The molecule has 10 nitrogen and oxygen atoms in total. The van der Waals surface area contributed by atoms with Crippen molar-refractivity contribution in [2.75, 3.05) is 56.5 Å². The monoisotopic (exact) mass is 722 g/mol. The second-order valence-corrected chi connectivity index (χ2v) is 15.7. The van der Waals surface area contributed by atoms with E-state index < -0.39 is 23.3 Å². The molecule has 1 aliphatic carbocycles. The summed E-state index contributed by atoms with van der Waals surface area (Å²) >= 11 is 7.77. The number of benzene rings is 2. The Morgan fingerprint density at radius 3 is 2.76 bits per heavy atom. The summed E-state index contributed by atoms with van der Waals surface area (Å²) in [6.45, 7) is 3.10. The Morgan fingerprint density at radius 1 is 1.20 bits per heavy atom. The molecule has 6 heterocycles. The van der Waals surface area contributed by atoms with E-state index in [2.05, 4.69) is 15.2 Å². The molecule has 4 aromatic rings. The summed E-state index contributed by atoms with van der Waals surface area (Å²) in [6, 6.07) is 6.31. The molecule has 2 aromatic carbocycles. The Hall–Kier alpha value is -3.90. The van der Waals surface area contributed by atoms with Crippen molar-refractivity contribution in [2.24, 2.45) is 5.92 Å². The third-order valence-corrected chi connectivity index (χ3v) is 12.5. The number of nitrogens with one attached hydrogen (secondary N) is 1. The fourth-order valence-electron chi connectivity index (χ4n) is 8.44. The second kappa shape index (κ2) is 11.8. The largest absolute Gasteiger partial charge is 0.461 e. The van der Waals surface area contributed by atoms with Crippen molar-refractivity contribution in [3.8, 4) is 23.2 Å². The highest BCUT2D eigenvalue weighted by atomic mass is 35.5. The van der Waals surface area contributed by atoms with E-state index in [9.17, 15) is 18.8 Å². The van der Waals surface area contributed by atoms with E-state index in [4.69, 9.17) is 27.1 Å². The van der Waals surface area contributed by atoms with E-state index in [1.54, 1.807) is 6.07 Å². The minimum atomic E-state index is -0.949. The zero-order valence-corrected chi connectivity index (χ0v) is 28.6. The summed E-state index contributed by atoms with van der Waals surface area (Å²) in [5, 5.41) is 13.9. The van der Waals surface area contributed by atoms with E-state index in [1.807, 2.05) is 15.9 Å². The molecule has 1 saturated carbocycles. The summed E-state index contributed by atoms with van der Waals surface area (Å²) in [6.07, 6.45) is 3.45. The number of piperazine rings is 1. The minimum Gasteiger partial charge on any atom is -0.461 e. The molecule has 5 aliphatic rings. The molecule has 0 unspecified atom stereocenters. The smallest absolute Gasteiger partial charge is 0.319 e. The number of carbonyl (C=O) groups excluding carboxylic acids is 1. The van der Waals surface area contributed by atoms with Gasteiger partial charge in [-0.2, -0.15) is 15.2 Å². The van der Waals surface area contributed by atoms with E-state index in [-0.39, 0.29) is 72.9 Å². The number of hydrogen-bond acceptors (Lipinski definition) is 10. The van der Waals surface area contributed by atoms with Crippen molar-refractivity contribution >= 4 is 60.7 Å². The fraction of sp³-hybridized carbons (Fsp3) is 0.486. The third-order valence-electron chi connectivity index (χ3n) is 11.2. The molecule has 4 saturated heterocycles. The standard InChI is InChI=1S/C35H34ClF3N8O2S/c36-22-12-20-28(26(39)25(22)19-4-5-23(38)30-24(19)21(14-40)31(41)50-30)43-34(49-16-35-6-1-7-47(35)15-18(37)13-35)44-32(20)45-8-10-46(11-9-45)33(48)29-27(42-29)17-2-3-17/h4-5,12,17-18,27,29,42H,1-3,6-11,13,15-16,41H2/t18-,27+,29-,35+/m1/s1. The Bertz CT molecular complexity index is 2120. The maximum Gasteiger partial charge on any atom is 0.319 e. The van der Waals surface area contributed by atoms with Gasteiger partial charge in [-0.3, -0.25) is 15.0 Å². The summed E-state index contributed by atoms with van der Waals surface area (Å²) in [5.41, 5.74) is 5.74. The van der Waals surface area contributed by atoms with Gasteiger partial charge in [-0.05, 0) is 55.8 Å². The molecule has 9 rings (SSSR count). The van der Waals surface area contributed by atoms with Gasteiger partial charge in [-0.15, -0.1) is 11.3 Å². The summed E-state index contributed by atoms with van der Waals surface area (Å²) in [5.74, 6) is -0.252. The number of thiophene rings is 1. The summed E-state index contributed by atoms with van der Waals surface area (Å²) in [7, 11) is 0. The van der Waals surface area contributed by atoms with Gasteiger partial charge in [0, 0.05) is 61.5 Å². The van der Waals surface area contributed by atoms with Crippen LogP contribution in [0.3, 0.4) is 0 Å². The minimum absolute atomic E-state index is 0.0234. The molecule has 2 aromatic heterocycles. The molecule has 4 aliphatic heterocycles. The number of rotatable bonds is 7. The van der Waals surface area contributed by atoms with Crippen LogP contribution >= 0.6 is 22.9 Å². The number of nitriles is 1. The van der Waals surface area contributed by atoms with Crippen molar-refractivity contribution in [3.63, 3.8) is 0 Å². The van der Waals surface area contributed by atoms with Crippen LogP contribution in [0.5, 0.6) is 6.01 Å². The molecule has 0 radical (unpaired) electrons. The highest BCUT2D eigenvalue weighted by Crippen LogP contribution is 2.46. The van der Waals surface area contributed by atoms with Crippen molar-refractivity contribution in [1.29, 1.82) is 5.26 Å². The molecular formula is C35H34ClF3N8O2S. The molecule has 15 heteroatoms. The predicted octanol–water partition coefficient (Wildman–Crippen LogP) is 5.25. The number of amides is 1. The van der Waals surface area contributed by atoms with Gasteiger partial charge in [0.1, 0.15) is 47.0 Å². The number of ether oxygens (including phenoxy) is 1. The molecular weight excluding hydrogens is 689 g/mol. The van der Waals surface area contributed by atoms with Gasteiger partial charge in [0.2, 0.25) is 5.91 Å². The number of fused-ring (bicyclic) bond motifs is 3. The lowest BCUT2D eigenvalue weighted by atomic mass is 9.95. The Kier molecular flexibility index (Phi) is 7.58. The van der Waals surface area contributed by atoms with Crippen LogP contribution < -0.4 is 20.7 Å². The van der Waals surface area contributed by atoms with Crippen LogP contribution in [0.15, 0.2) is 18.2 Å². The zero-order valence-electron chi connectivity index (χ0n) is 27.0. The number of aromatic nitrogens is 2. The van der Waals surface area contributed by atoms with Crippen LogP contribution in [0.1, 0.15) is 37.7 Å². The number of nitrogens with zero attached hydrogens (tertiary/aromatic N) is 6. The first-order valence-electron chi connectivity index (χ1n) is 17.1. The topological polar surface area (TPSA) is 134 Å². The SMILES string of the molecule is N#Cc1c(N)sc2c(F)ccc(-c3c(Cl)cc4c(N5CCN(C(=O)[C@@H]6N[C@H]6C6CC6)CC5)nc(OC[C@@]56CCCN5C[C@H](F)C6)nc4c3F)c12. The average Bonchev–Trinajstić information content (AvgIpc) is 4.00. The Morgan fingerprint density at radius 2 is 2.00 bits per heavy atom. The molecule has 1 amide bonds. The number of halogens is 4. The quantitative estimate of drug-likeness (QED) is 0.246. The van der Waals surface area contributed by atoms with Gasteiger partial charge in [0.25, 0.3) is 0 Å². The molecule has 260 valence electrons. The normalized spacial score (nSPS) is 26.5. The number of nitrogens with two attached hydrogens (primary N) is 1. The fourth-order valence-corrected chi connectivity index (χ4v) is 9.69. The first kappa shape index (κ1) is 32.0. The molecule has 0 bridgehead atoms. The number of carbonyl (C=O) groups is 1. The Labute approximate surface area is 294 Å². The highest BCUT2D eigenvalue weighted by Gasteiger charge is 2.52. The molecule has 5 fully saturated rings. The maximum absolute atomic E-state index is 17.0. The van der Waals surface area contributed by atoms with Crippen LogP contribution in [0, 0.1) is 28.9 Å². The number of nitrogen functional groups attached to an aromatic ring is 1. The van der Waals surface area contributed by atoms with Gasteiger partial charge in [-0.1, -0.05) is 17.7 Å². The number of anilines is 2. The molecule has 50 heavy (non-hydrogen) atoms. The van der Waals surface area contributed by atoms with Crippen LogP contribution in [0.25, 0.3) is 32.1 Å². The van der Waals surface area contributed by atoms with Crippen molar-refractivity contribution in [3.05, 3.63) is 40.4 Å². The van der Waals surface area contributed by atoms with Crippen LogP contribution in [-0.2, 0) is 4.79 Å². The summed E-state index contributed by atoms with van der Waals surface area (Å²) in [4.78, 5) is 28.5. The third kappa shape index (κ3) is 5.15. The van der Waals surface area contributed by atoms with Gasteiger partial charge < -0.3 is 20.3 Å². The predicted molar refractivity (Wildman–Crippen MR) is 185 cm³/mol. The van der Waals surface area contributed by atoms with Crippen LogP contribution in [0.2, 0.25) is 5.02 Å². The van der Waals surface area contributed by atoms with E-state index in [0.717, 1.165) is 30.7 Å². The van der Waals surface area contributed by atoms with Gasteiger partial charge in [0.05, 0.1) is 20.8 Å². The first-order chi connectivity index (χ1) is 24.2. The van der Waals surface area contributed by atoms with Crippen molar-refractivity contribution in [1.82, 2.24) is 25.1 Å². The van der Waals surface area contributed by atoms with E-state index in [0.29, 0.717) is 56.3 Å². The average molecular weight is 723 g/mol. The van der Waals surface area contributed by atoms with Crippen molar-refractivity contribution in [2.45, 2.75) is 55.9 Å². The first-order valence-corrected chi connectivity index (χ1v) is 18.3. The second-order valence-electron chi connectivity index (χ2n) is 14.2. The lowest BCUT2D eigenvalue weighted by Crippen LogP contribution is -2.50. The lowest BCUT2D eigenvalue weighted by Gasteiger charge is -2.36. The lowest BCUT2D eigenvalue weighted by molar-refractivity contribution is -0.131. The van der Waals surface area contributed by atoms with Crippen molar-refractivity contribution < 1.29 is 22.7 Å². The highest BCUT2D eigenvalue weighted by molar-refractivity contribution is 7.23. The van der Waals surface area contributed by atoms with Crippen LogP contribution in [-0.4, -0.2) is 95.3 Å². The molecule has 3 N–H and O–H groups in total. The Balaban J connectivity index is 1.11. The number of alkyl halides is 1. The van der Waals surface area contributed by atoms with Gasteiger partial charge in [-0.25, -0.2) is 13.2 Å². The van der Waals surface area contributed by atoms with Gasteiger partial charge >= 0.3 is 6.01 Å².